The number of thiazole rings is 1. The van der Waals surface area contributed by atoms with Gasteiger partial charge in [0.05, 0.1) is 6.54 Å². The van der Waals surface area contributed by atoms with Crippen molar-refractivity contribution in [2.75, 3.05) is 13.1 Å². The summed E-state index contributed by atoms with van der Waals surface area (Å²) in [6.45, 7) is 6.33. The predicted octanol–water partition coefficient (Wildman–Crippen LogP) is 4.25. The van der Waals surface area contributed by atoms with Crippen LogP contribution in [0.2, 0.25) is 0 Å². The van der Waals surface area contributed by atoms with Crippen molar-refractivity contribution in [3.05, 3.63) is 51.7 Å². The minimum atomic E-state index is -0.167. The molecule has 0 amide bonds. The predicted molar refractivity (Wildman–Crippen MR) is 117 cm³/mol. The van der Waals surface area contributed by atoms with E-state index >= 15 is 0 Å². The molecule has 0 spiro atoms. The van der Waals surface area contributed by atoms with E-state index in [0.29, 0.717) is 6.54 Å². The van der Waals surface area contributed by atoms with Crippen molar-refractivity contribution in [1.29, 1.82) is 0 Å². The number of hydrogen-bond acceptors (Lipinski definition) is 3. The fourth-order valence-electron chi connectivity index (χ4n) is 2.86. The summed E-state index contributed by atoms with van der Waals surface area (Å²) in [6, 6.07) is 6.96. The first-order chi connectivity index (χ1) is 12.1. The molecule has 2 aromatic rings. The lowest BCUT2D eigenvalue weighted by Gasteiger charge is -2.19. The first-order valence-corrected chi connectivity index (χ1v) is 9.68. The van der Waals surface area contributed by atoms with Crippen LogP contribution in [0.15, 0.2) is 35.5 Å². The molecular weight excluding hydrogens is 462 g/mol. The first-order valence-electron chi connectivity index (χ1n) is 8.87. The van der Waals surface area contributed by atoms with Gasteiger partial charge in [-0.2, -0.15) is 0 Å². The van der Waals surface area contributed by atoms with Gasteiger partial charge in [0.25, 0.3) is 0 Å². The van der Waals surface area contributed by atoms with Crippen LogP contribution in [0.5, 0.6) is 0 Å². The van der Waals surface area contributed by atoms with E-state index in [0.717, 1.165) is 48.9 Å². The molecule has 7 heteroatoms. The van der Waals surface area contributed by atoms with E-state index in [4.69, 9.17) is 0 Å². The molecule has 1 saturated carbocycles. The number of guanidine groups is 1. The largest absolute Gasteiger partial charge is 0.357 e. The first kappa shape index (κ1) is 21.1. The van der Waals surface area contributed by atoms with Crippen LogP contribution in [-0.4, -0.2) is 24.0 Å². The molecule has 1 aromatic heterocycles. The van der Waals surface area contributed by atoms with E-state index in [9.17, 15) is 4.39 Å². The van der Waals surface area contributed by atoms with Gasteiger partial charge in [0, 0.05) is 29.6 Å². The van der Waals surface area contributed by atoms with Crippen LogP contribution in [0.3, 0.4) is 0 Å². The lowest BCUT2D eigenvalue weighted by Crippen LogP contribution is -2.41. The fourth-order valence-corrected chi connectivity index (χ4v) is 3.65. The molecule has 0 atom stereocenters. The zero-order chi connectivity index (χ0) is 17.7. The highest BCUT2D eigenvalue weighted by molar-refractivity contribution is 14.0. The zero-order valence-electron chi connectivity index (χ0n) is 15.2. The second-order valence-corrected chi connectivity index (χ2v) is 7.61. The Labute approximate surface area is 175 Å². The van der Waals surface area contributed by atoms with Crippen molar-refractivity contribution >= 4 is 41.3 Å². The van der Waals surface area contributed by atoms with E-state index in [1.807, 2.05) is 12.3 Å². The van der Waals surface area contributed by atoms with Crippen LogP contribution >= 0.6 is 35.3 Å². The number of rotatable bonds is 7. The van der Waals surface area contributed by atoms with Gasteiger partial charge in [-0.15, -0.1) is 35.3 Å². The third-order valence-corrected chi connectivity index (χ3v) is 5.68. The van der Waals surface area contributed by atoms with Gasteiger partial charge in [-0.1, -0.05) is 19.1 Å². The van der Waals surface area contributed by atoms with E-state index in [1.54, 1.807) is 23.5 Å². The number of aliphatic imine (C=N–C) groups is 1. The lowest BCUT2D eigenvalue weighted by atomic mass is 9.96. The van der Waals surface area contributed by atoms with Gasteiger partial charge in [-0.05, 0) is 43.9 Å². The number of benzene rings is 1. The SMILES string of the molecule is CCNC(=NCc1ncc(CC)s1)NCC1(c2cccc(F)c2)CC1.I. The molecule has 4 nitrogen and oxygen atoms in total. The maximum Gasteiger partial charge on any atom is 0.191 e. The van der Waals surface area contributed by atoms with Crippen molar-refractivity contribution in [2.24, 2.45) is 4.99 Å². The molecule has 2 N–H and O–H groups in total. The molecule has 1 aromatic carbocycles. The van der Waals surface area contributed by atoms with Crippen LogP contribution < -0.4 is 10.6 Å². The van der Waals surface area contributed by atoms with Crippen LogP contribution in [0, 0.1) is 5.82 Å². The normalized spacial score (nSPS) is 15.3. The monoisotopic (exact) mass is 488 g/mol. The quantitative estimate of drug-likeness (QED) is 0.348. The molecule has 26 heavy (non-hydrogen) atoms. The van der Waals surface area contributed by atoms with Crippen molar-refractivity contribution < 1.29 is 4.39 Å². The molecule has 1 aliphatic rings. The van der Waals surface area contributed by atoms with Crippen LogP contribution in [0.4, 0.5) is 4.39 Å². The molecule has 1 heterocycles. The Kier molecular flexibility index (Phi) is 7.82. The molecule has 1 aliphatic carbocycles. The summed E-state index contributed by atoms with van der Waals surface area (Å²) < 4.78 is 13.5. The fraction of sp³-hybridized carbons (Fsp3) is 0.474. The number of aromatic nitrogens is 1. The smallest absolute Gasteiger partial charge is 0.191 e. The summed E-state index contributed by atoms with van der Waals surface area (Å²) in [5.74, 6) is 0.623. The Morgan fingerprint density at radius 3 is 2.73 bits per heavy atom. The van der Waals surface area contributed by atoms with Gasteiger partial charge in [0.2, 0.25) is 0 Å². The third kappa shape index (κ3) is 5.39. The number of nitrogens with one attached hydrogen (secondary N) is 2. The van der Waals surface area contributed by atoms with Gasteiger partial charge >= 0.3 is 0 Å². The topological polar surface area (TPSA) is 49.3 Å². The van der Waals surface area contributed by atoms with E-state index in [-0.39, 0.29) is 35.2 Å². The minimum Gasteiger partial charge on any atom is -0.357 e. The summed E-state index contributed by atoms with van der Waals surface area (Å²) in [5.41, 5.74) is 1.11. The highest BCUT2D eigenvalue weighted by Gasteiger charge is 2.44. The van der Waals surface area contributed by atoms with Crippen molar-refractivity contribution in [2.45, 2.75) is 45.1 Å². The third-order valence-electron chi connectivity index (χ3n) is 4.55. The number of aryl methyl sites for hydroxylation is 1. The zero-order valence-corrected chi connectivity index (χ0v) is 18.4. The Bertz CT molecular complexity index is 743. The second-order valence-electron chi connectivity index (χ2n) is 6.41. The van der Waals surface area contributed by atoms with Crippen LogP contribution in [0.25, 0.3) is 0 Å². The molecule has 142 valence electrons. The number of hydrogen-bond donors (Lipinski definition) is 2. The molecule has 3 rings (SSSR count). The van der Waals surface area contributed by atoms with Crippen molar-refractivity contribution in [1.82, 2.24) is 15.6 Å². The van der Waals surface area contributed by atoms with E-state index < -0.39 is 0 Å². The van der Waals surface area contributed by atoms with Gasteiger partial charge in [0.1, 0.15) is 10.8 Å². The molecule has 0 unspecified atom stereocenters. The van der Waals surface area contributed by atoms with Gasteiger partial charge in [-0.3, -0.25) is 0 Å². The highest BCUT2D eigenvalue weighted by atomic mass is 127. The Morgan fingerprint density at radius 1 is 1.31 bits per heavy atom. The van der Waals surface area contributed by atoms with E-state index in [2.05, 4.69) is 34.5 Å². The molecule has 0 bridgehead atoms. The van der Waals surface area contributed by atoms with E-state index in [1.165, 1.54) is 10.9 Å². The number of halogens is 2. The highest BCUT2D eigenvalue weighted by Crippen LogP contribution is 2.47. The molecule has 0 aliphatic heterocycles. The lowest BCUT2D eigenvalue weighted by molar-refractivity contribution is 0.607. The molecule has 0 saturated heterocycles. The van der Waals surface area contributed by atoms with Gasteiger partial charge in [0.15, 0.2) is 5.96 Å². The summed E-state index contributed by atoms with van der Waals surface area (Å²) in [6.07, 6.45) is 5.10. The molecular formula is C19H26FIN4S. The van der Waals surface area contributed by atoms with Crippen LogP contribution in [-0.2, 0) is 18.4 Å². The maximum atomic E-state index is 13.5. The van der Waals surface area contributed by atoms with Crippen LogP contribution in [0.1, 0.15) is 42.1 Å². The average molecular weight is 488 g/mol. The second kappa shape index (κ2) is 9.64. The summed E-state index contributed by atoms with van der Waals surface area (Å²) in [7, 11) is 0. The molecule has 1 fully saturated rings. The Morgan fingerprint density at radius 2 is 2.12 bits per heavy atom. The van der Waals surface area contributed by atoms with Crippen molar-refractivity contribution in [3.63, 3.8) is 0 Å². The summed E-state index contributed by atoms with van der Waals surface area (Å²) in [4.78, 5) is 10.3. The number of nitrogens with zero attached hydrogens (tertiary/aromatic N) is 2. The minimum absolute atomic E-state index is 0. The Hall–Kier alpha value is -1.22. The summed E-state index contributed by atoms with van der Waals surface area (Å²) >= 11 is 1.71. The van der Waals surface area contributed by atoms with Crippen molar-refractivity contribution in [3.8, 4) is 0 Å². The van der Waals surface area contributed by atoms with Gasteiger partial charge < -0.3 is 10.6 Å². The standard InChI is InChI=1S/C19H25FN4S.HI/c1-3-16-11-22-17(25-16)12-23-18(21-4-2)24-13-19(8-9-19)14-6-5-7-15(20)10-14;/h5-7,10-11H,3-4,8-9,12-13H2,1-2H3,(H2,21,23,24);1H. The average Bonchev–Trinajstić information content (AvgIpc) is 3.27. The summed E-state index contributed by atoms with van der Waals surface area (Å²) in [5, 5.41) is 7.73. The Balaban J connectivity index is 0.00000243. The van der Waals surface area contributed by atoms with Gasteiger partial charge in [-0.25, -0.2) is 14.4 Å². The molecule has 0 radical (unpaired) electrons. The maximum absolute atomic E-state index is 13.5.